The summed E-state index contributed by atoms with van der Waals surface area (Å²) in [4.78, 5) is 0. The summed E-state index contributed by atoms with van der Waals surface area (Å²) in [6.07, 6.45) is 3.57. The van der Waals surface area contributed by atoms with Gasteiger partial charge in [-0.05, 0) is 17.9 Å². The van der Waals surface area contributed by atoms with Crippen LogP contribution in [0.5, 0.6) is 0 Å². The third kappa shape index (κ3) is 3.15. The molecule has 1 nitrogen and oxygen atoms in total. The van der Waals surface area contributed by atoms with Crippen molar-refractivity contribution in [3.05, 3.63) is 35.9 Å². The molecule has 1 aromatic rings. The van der Waals surface area contributed by atoms with Crippen LogP contribution in [0.15, 0.2) is 30.3 Å². The van der Waals surface area contributed by atoms with Crippen LogP contribution in [0, 0.1) is 5.92 Å². The minimum atomic E-state index is 0.209. The fourth-order valence-electron chi connectivity index (χ4n) is 1.82. The first-order chi connectivity index (χ1) is 6.77. The van der Waals surface area contributed by atoms with E-state index >= 15 is 0 Å². The first-order valence-electron chi connectivity index (χ1n) is 5.58. The van der Waals surface area contributed by atoms with E-state index in [1.165, 1.54) is 18.4 Å². The van der Waals surface area contributed by atoms with Crippen LogP contribution in [0.1, 0.15) is 44.7 Å². The first-order valence-corrected chi connectivity index (χ1v) is 5.58. The Morgan fingerprint density at radius 2 is 1.64 bits per heavy atom. The van der Waals surface area contributed by atoms with Gasteiger partial charge in [0.05, 0.1) is 0 Å². The molecule has 2 N–H and O–H groups in total. The molecule has 14 heavy (non-hydrogen) atoms. The summed E-state index contributed by atoms with van der Waals surface area (Å²) in [5, 5.41) is 0. The highest BCUT2D eigenvalue weighted by Gasteiger charge is 2.11. The van der Waals surface area contributed by atoms with Crippen molar-refractivity contribution in [1.82, 2.24) is 0 Å². The van der Waals surface area contributed by atoms with Gasteiger partial charge in [0.2, 0.25) is 0 Å². The van der Waals surface area contributed by atoms with Gasteiger partial charge in [0.25, 0.3) is 0 Å². The molecular formula is C13H21N. The highest BCUT2D eigenvalue weighted by atomic mass is 14.6. The molecule has 1 atom stereocenters. The van der Waals surface area contributed by atoms with Gasteiger partial charge < -0.3 is 5.73 Å². The third-order valence-electron chi connectivity index (χ3n) is 2.97. The van der Waals surface area contributed by atoms with E-state index in [2.05, 4.69) is 38.1 Å². The van der Waals surface area contributed by atoms with E-state index in [9.17, 15) is 0 Å². The van der Waals surface area contributed by atoms with Crippen molar-refractivity contribution >= 4 is 0 Å². The molecule has 0 amide bonds. The van der Waals surface area contributed by atoms with Gasteiger partial charge in [0.1, 0.15) is 0 Å². The summed E-state index contributed by atoms with van der Waals surface area (Å²) in [6, 6.07) is 10.6. The second-order valence-electron chi connectivity index (χ2n) is 3.94. The lowest BCUT2D eigenvalue weighted by Gasteiger charge is -2.18. The topological polar surface area (TPSA) is 26.0 Å². The lowest BCUT2D eigenvalue weighted by Crippen LogP contribution is -2.14. The van der Waals surface area contributed by atoms with Gasteiger partial charge >= 0.3 is 0 Å². The van der Waals surface area contributed by atoms with Gasteiger partial charge in [-0.3, -0.25) is 0 Å². The third-order valence-corrected chi connectivity index (χ3v) is 2.97. The standard InChI is InChI=1S/C13H21N/c1-3-11(4-2)10-13(14)12-8-6-5-7-9-12/h5-9,11,13H,3-4,10,14H2,1-2H3/t13-/m1/s1. The summed E-state index contributed by atoms with van der Waals surface area (Å²) >= 11 is 0. The van der Waals surface area contributed by atoms with E-state index < -0.39 is 0 Å². The number of rotatable bonds is 5. The zero-order valence-electron chi connectivity index (χ0n) is 9.24. The van der Waals surface area contributed by atoms with Gasteiger partial charge in [0, 0.05) is 6.04 Å². The molecule has 78 valence electrons. The van der Waals surface area contributed by atoms with Crippen LogP contribution in [0.4, 0.5) is 0 Å². The van der Waals surface area contributed by atoms with Crippen molar-refractivity contribution in [2.24, 2.45) is 11.7 Å². The van der Waals surface area contributed by atoms with E-state index in [0.29, 0.717) is 0 Å². The Bertz CT molecular complexity index is 239. The molecule has 0 heterocycles. The smallest absolute Gasteiger partial charge is 0.0297 e. The quantitative estimate of drug-likeness (QED) is 0.757. The van der Waals surface area contributed by atoms with Crippen molar-refractivity contribution < 1.29 is 0 Å². The van der Waals surface area contributed by atoms with Gasteiger partial charge in [-0.15, -0.1) is 0 Å². The predicted octanol–water partition coefficient (Wildman–Crippen LogP) is 3.51. The Hall–Kier alpha value is -0.820. The summed E-state index contributed by atoms with van der Waals surface area (Å²) < 4.78 is 0. The van der Waals surface area contributed by atoms with Crippen molar-refractivity contribution in [1.29, 1.82) is 0 Å². The van der Waals surface area contributed by atoms with Crippen LogP contribution >= 0.6 is 0 Å². The lowest BCUT2D eigenvalue weighted by molar-refractivity contribution is 0.414. The van der Waals surface area contributed by atoms with Crippen molar-refractivity contribution in [3.8, 4) is 0 Å². The largest absolute Gasteiger partial charge is 0.324 e. The summed E-state index contributed by atoms with van der Waals surface area (Å²) in [5.74, 6) is 0.769. The second-order valence-corrected chi connectivity index (χ2v) is 3.94. The average Bonchev–Trinajstić information content (AvgIpc) is 2.26. The Balaban J connectivity index is 2.54. The fourth-order valence-corrected chi connectivity index (χ4v) is 1.82. The van der Waals surface area contributed by atoms with Crippen LogP contribution in [0.25, 0.3) is 0 Å². The van der Waals surface area contributed by atoms with Crippen LogP contribution in [-0.2, 0) is 0 Å². The molecule has 1 rings (SSSR count). The van der Waals surface area contributed by atoms with Crippen LogP contribution in [-0.4, -0.2) is 0 Å². The molecular weight excluding hydrogens is 170 g/mol. The molecule has 0 saturated heterocycles. The molecule has 0 bridgehead atoms. The van der Waals surface area contributed by atoms with E-state index in [0.717, 1.165) is 12.3 Å². The number of hydrogen-bond acceptors (Lipinski definition) is 1. The maximum atomic E-state index is 6.15. The normalized spacial score (nSPS) is 13.1. The van der Waals surface area contributed by atoms with E-state index in [1.54, 1.807) is 0 Å². The molecule has 1 heteroatoms. The zero-order chi connectivity index (χ0) is 10.4. The van der Waals surface area contributed by atoms with Crippen LogP contribution < -0.4 is 5.73 Å². The molecule has 0 aliphatic carbocycles. The van der Waals surface area contributed by atoms with Gasteiger partial charge in [0.15, 0.2) is 0 Å². The Morgan fingerprint density at radius 3 is 2.14 bits per heavy atom. The molecule has 0 spiro atoms. The number of benzene rings is 1. The molecule has 1 aromatic carbocycles. The monoisotopic (exact) mass is 191 g/mol. The van der Waals surface area contributed by atoms with Gasteiger partial charge in [-0.2, -0.15) is 0 Å². The highest BCUT2D eigenvalue weighted by molar-refractivity contribution is 5.18. The molecule has 0 unspecified atom stereocenters. The maximum absolute atomic E-state index is 6.15. The Labute approximate surface area is 87.3 Å². The summed E-state index contributed by atoms with van der Waals surface area (Å²) in [6.45, 7) is 4.48. The van der Waals surface area contributed by atoms with E-state index in [4.69, 9.17) is 5.73 Å². The maximum Gasteiger partial charge on any atom is 0.0297 e. The van der Waals surface area contributed by atoms with Crippen molar-refractivity contribution in [2.45, 2.75) is 39.2 Å². The summed E-state index contributed by atoms with van der Waals surface area (Å²) in [5.41, 5.74) is 7.41. The fraction of sp³-hybridized carbons (Fsp3) is 0.538. The zero-order valence-corrected chi connectivity index (χ0v) is 9.24. The second kappa shape index (κ2) is 5.82. The minimum Gasteiger partial charge on any atom is -0.324 e. The number of nitrogens with two attached hydrogens (primary N) is 1. The van der Waals surface area contributed by atoms with Crippen LogP contribution in [0.2, 0.25) is 0 Å². The van der Waals surface area contributed by atoms with Crippen molar-refractivity contribution in [2.75, 3.05) is 0 Å². The summed E-state index contributed by atoms with van der Waals surface area (Å²) in [7, 11) is 0. The molecule has 0 fully saturated rings. The molecule has 0 aromatic heterocycles. The Morgan fingerprint density at radius 1 is 1.07 bits per heavy atom. The molecule has 0 saturated carbocycles. The van der Waals surface area contributed by atoms with Gasteiger partial charge in [-0.1, -0.05) is 57.0 Å². The highest BCUT2D eigenvalue weighted by Crippen LogP contribution is 2.22. The van der Waals surface area contributed by atoms with E-state index in [1.807, 2.05) is 6.07 Å². The minimum absolute atomic E-state index is 0.209. The van der Waals surface area contributed by atoms with Gasteiger partial charge in [-0.25, -0.2) is 0 Å². The SMILES string of the molecule is CCC(CC)C[C@@H](N)c1ccccc1. The Kier molecular flexibility index (Phi) is 4.68. The molecule has 0 aliphatic heterocycles. The first kappa shape index (κ1) is 11.3. The molecule has 0 aliphatic rings. The van der Waals surface area contributed by atoms with Crippen LogP contribution in [0.3, 0.4) is 0 Å². The lowest BCUT2D eigenvalue weighted by atomic mass is 9.92. The molecule has 0 radical (unpaired) electrons. The van der Waals surface area contributed by atoms with Crippen molar-refractivity contribution in [3.63, 3.8) is 0 Å². The number of hydrogen-bond donors (Lipinski definition) is 1. The average molecular weight is 191 g/mol. The predicted molar refractivity (Wildman–Crippen MR) is 62.1 cm³/mol. The van der Waals surface area contributed by atoms with E-state index in [-0.39, 0.29) is 6.04 Å².